The highest BCUT2D eigenvalue weighted by Gasteiger charge is 2.32. The maximum absolute atomic E-state index is 13.1. The van der Waals surface area contributed by atoms with Gasteiger partial charge in [0, 0.05) is 19.8 Å². The van der Waals surface area contributed by atoms with Gasteiger partial charge >= 0.3 is 6.18 Å². The lowest BCUT2D eigenvalue weighted by atomic mass is 10.2. The van der Waals surface area contributed by atoms with Crippen molar-refractivity contribution >= 4 is 34.9 Å². The normalized spacial score (nSPS) is 12.9. The molecule has 1 amide bonds. The Morgan fingerprint density at radius 1 is 1.29 bits per heavy atom. The van der Waals surface area contributed by atoms with Crippen molar-refractivity contribution in [2.24, 2.45) is 0 Å². The van der Waals surface area contributed by atoms with Crippen molar-refractivity contribution in [2.45, 2.75) is 30.1 Å². The molecule has 1 unspecified atom stereocenters. The van der Waals surface area contributed by atoms with Crippen LogP contribution in [0, 0.1) is 0 Å². The van der Waals surface area contributed by atoms with Crippen molar-refractivity contribution in [3.8, 4) is 0 Å². The number of amides is 1. The van der Waals surface area contributed by atoms with Crippen LogP contribution in [0.5, 0.6) is 0 Å². The van der Waals surface area contributed by atoms with E-state index in [9.17, 15) is 18.0 Å². The maximum atomic E-state index is 13.1. The number of rotatable bonds is 5. The number of hydrogen-bond acceptors (Lipinski definition) is 4. The number of halogens is 4. The molecule has 1 aromatic carbocycles. The molecule has 28 heavy (non-hydrogen) atoms. The predicted octanol–water partition coefficient (Wildman–Crippen LogP) is 4.54. The Kier molecular flexibility index (Phi) is 5.85. The van der Waals surface area contributed by atoms with E-state index in [-0.39, 0.29) is 21.7 Å². The summed E-state index contributed by atoms with van der Waals surface area (Å²) >= 11 is 6.94. The number of aromatic nitrogens is 3. The molecule has 0 bridgehead atoms. The van der Waals surface area contributed by atoms with Crippen LogP contribution in [-0.2, 0) is 17.5 Å². The van der Waals surface area contributed by atoms with Crippen LogP contribution >= 0.6 is 23.4 Å². The van der Waals surface area contributed by atoms with E-state index in [1.807, 2.05) is 30.3 Å². The molecule has 0 aliphatic carbocycles. The van der Waals surface area contributed by atoms with Crippen molar-refractivity contribution in [3.05, 3.63) is 58.7 Å². The van der Waals surface area contributed by atoms with Gasteiger partial charge < -0.3 is 4.90 Å². The van der Waals surface area contributed by atoms with Gasteiger partial charge in [-0.3, -0.25) is 9.20 Å². The summed E-state index contributed by atoms with van der Waals surface area (Å²) in [7, 11) is 1.67. The monoisotopic (exact) mass is 428 g/mol. The smallest absolute Gasteiger partial charge is 0.340 e. The molecule has 0 saturated heterocycles. The van der Waals surface area contributed by atoms with Crippen LogP contribution in [0.25, 0.3) is 5.65 Å². The summed E-state index contributed by atoms with van der Waals surface area (Å²) < 4.78 is 40.3. The van der Waals surface area contributed by atoms with E-state index in [0.29, 0.717) is 6.54 Å². The lowest BCUT2D eigenvalue weighted by Crippen LogP contribution is -2.32. The fourth-order valence-electron chi connectivity index (χ4n) is 2.62. The number of thioether (sulfide) groups is 1. The molecule has 0 aliphatic rings. The van der Waals surface area contributed by atoms with Gasteiger partial charge in [0.05, 0.1) is 15.8 Å². The summed E-state index contributed by atoms with van der Waals surface area (Å²) in [4.78, 5) is 14.2. The van der Waals surface area contributed by atoms with Gasteiger partial charge in [-0.05, 0) is 18.6 Å². The van der Waals surface area contributed by atoms with Crippen molar-refractivity contribution in [2.75, 3.05) is 7.05 Å². The van der Waals surface area contributed by atoms with Crippen molar-refractivity contribution < 1.29 is 18.0 Å². The van der Waals surface area contributed by atoms with Crippen LogP contribution in [0.15, 0.2) is 47.8 Å². The quantitative estimate of drug-likeness (QED) is 0.560. The van der Waals surface area contributed by atoms with Gasteiger partial charge in [0.1, 0.15) is 0 Å². The van der Waals surface area contributed by atoms with Crippen LogP contribution < -0.4 is 0 Å². The molecule has 5 nitrogen and oxygen atoms in total. The van der Waals surface area contributed by atoms with E-state index in [0.717, 1.165) is 34.0 Å². The van der Waals surface area contributed by atoms with Crippen LogP contribution in [-0.4, -0.2) is 37.7 Å². The zero-order chi connectivity index (χ0) is 20.5. The number of carbonyl (C=O) groups is 1. The van der Waals surface area contributed by atoms with E-state index in [4.69, 9.17) is 11.6 Å². The zero-order valence-corrected chi connectivity index (χ0v) is 16.5. The number of hydrogen-bond donors (Lipinski definition) is 0. The second-order valence-corrected chi connectivity index (χ2v) is 7.91. The average Bonchev–Trinajstić information content (AvgIpc) is 3.04. The van der Waals surface area contributed by atoms with Gasteiger partial charge in [0.25, 0.3) is 0 Å². The summed E-state index contributed by atoms with van der Waals surface area (Å²) in [6, 6.07) is 10.3. The molecule has 0 N–H and O–H groups in total. The summed E-state index contributed by atoms with van der Waals surface area (Å²) in [5.41, 5.74) is 0.173. The Bertz CT molecular complexity index is 994. The van der Waals surface area contributed by atoms with Crippen molar-refractivity contribution in [3.63, 3.8) is 0 Å². The Labute approximate surface area is 168 Å². The minimum Gasteiger partial charge on any atom is -0.340 e. The molecule has 0 radical (unpaired) electrons. The maximum Gasteiger partial charge on any atom is 0.417 e. The molecule has 3 rings (SSSR count). The SMILES string of the molecule is CC(Sc1nnc2c(Cl)cc(C(F)(F)F)cn12)C(=O)N(C)Cc1ccccc1. The molecule has 0 saturated carbocycles. The molecule has 10 heteroatoms. The summed E-state index contributed by atoms with van der Waals surface area (Å²) in [6.07, 6.45) is -3.67. The Morgan fingerprint density at radius 3 is 2.61 bits per heavy atom. The molecule has 2 aromatic heterocycles. The first kappa shape index (κ1) is 20.5. The van der Waals surface area contributed by atoms with Crippen molar-refractivity contribution in [1.82, 2.24) is 19.5 Å². The molecular formula is C18H16ClF3N4OS. The number of pyridine rings is 1. The topological polar surface area (TPSA) is 50.5 Å². The molecular weight excluding hydrogens is 413 g/mol. The molecule has 0 fully saturated rings. The van der Waals surface area contributed by atoms with Crippen LogP contribution in [0.1, 0.15) is 18.1 Å². The fraction of sp³-hybridized carbons (Fsp3) is 0.278. The van der Waals surface area contributed by atoms with E-state index in [1.165, 1.54) is 0 Å². The minimum atomic E-state index is -4.55. The highest BCUT2D eigenvalue weighted by molar-refractivity contribution is 8.00. The number of nitrogens with zero attached hydrogens (tertiary/aromatic N) is 4. The molecule has 2 heterocycles. The Morgan fingerprint density at radius 2 is 1.96 bits per heavy atom. The summed E-state index contributed by atoms with van der Waals surface area (Å²) in [5.74, 6) is -0.177. The molecule has 3 aromatic rings. The number of benzene rings is 1. The second-order valence-electron chi connectivity index (χ2n) is 6.19. The Hall–Kier alpha value is -2.26. The van der Waals surface area contributed by atoms with Gasteiger partial charge in [-0.2, -0.15) is 13.2 Å². The third kappa shape index (κ3) is 4.41. The number of carbonyl (C=O) groups excluding carboxylic acids is 1. The minimum absolute atomic E-state index is 0.106. The van der Waals surface area contributed by atoms with Crippen LogP contribution in [0.4, 0.5) is 13.2 Å². The van der Waals surface area contributed by atoms with Crippen LogP contribution in [0.2, 0.25) is 5.02 Å². The zero-order valence-electron chi connectivity index (χ0n) is 14.9. The molecule has 0 spiro atoms. The first-order chi connectivity index (χ1) is 13.2. The van der Waals surface area contributed by atoms with E-state index in [1.54, 1.807) is 18.9 Å². The van der Waals surface area contributed by atoms with E-state index in [2.05, 4.69) is 10.2 Å². The summed E-state index contributed by atoms with van der Waals surface area (Å²) in [5, 5.41) is 7.16. The average molecular weight is 429 g/mol. The largest absolute Gasteiger partial charge is 0.417 e. The highest BCUT2D eigenvalue weighted by Crippen LogP contribution is 2.34. The van der Waals surface area contributed by atoms with Gasteiger partial charge in [-0.15, -0.1) is 10.2 Å². The molecule has 1 atom stereocenters. The first-order valence-electron chi connectivity index (χ1n) is 8.24. The number of alkyl halides is 3. The first-order valence-corrected chi connectivity index (χ1v) is 9.49. The van der Waals surface area contributed by atoms with Gasteiger partial charge in [0.15, 0.2) is 10.8 Å². The lowest BCUT2D eigenvalue weighted by molar-refractivity contribution is -0.138. The Balaban J connectivity index is 1.79. The fourth-order valence-corrected chi connectivity index (χ4v) is 3.81. The van der Waals surface area contributed by atoms with Crippen molar-refractivity contribution in [1.29, 1.82) is 0 Å². The number of fused-ring (bicyclic) bond motifs is 1. The van der Waals surface area contributed by atoms with Crippen LogP contribution in [0.3, 0.4) is 0 Å². The lowest BCUT2D eigenvalue weighted by Gasteiger charge is -2.20. The molecule has 148 valence electrons. The third-order valence-electron chi connectivity index (χ3n) is 4.02. The third-order valence-corrected chi connectivity index (χ3v) is 5.35. The van der Waals surface area contributed by atoms with Gasteiger partial charge in [-0.25, -0.2) is 0 Å². The standard InChI is InChI=1S/C18H16ClF3N4OS/c1-11(16(27)25(2)9-12-6-4-3-5-7-12)28-17-24-23-15-14(19)8-13(10-26(15)17)18(20,21)22/h3-8,10-11H,9H2,1-2H3. The second kappa shape index (κ2) is 8.00. The van der Waals surface area contributed by atoms with E-state index < -0.39 is 17.0 Å². The summed E-state index contributed by atoms with van der Waals surface area (Å²) in [6.45, 7) is 2.10. The highest BCUT2D eigenvalue weighted by atomic mass is 35.5. The molecule has 0 aliphatic heterocycles. The van der Waals surface area contributed by atoms with E-state index >= 15 is 0 Å². The predicted molar refractivity (Wildman–Crippen MR) is 101 cm³/mol. The van der Waals surface area contributed by atoms with Gasteiger partial charge in [0.2, 0.25) is 5.91 Å². The van der Waals surface area contributed by atoms with Gasteiger partial charge in [-0.1, -0.05) is 53.7 Å².